The maximum Gasteiger partial charge on any atom is 0.335 e. The summed E-state index contributed by atoms with van der Waals surface area (Å²) < 4.78 is 6.02. The van der Waals surface area contributed by atoms with Gasteiger partial charge in [-0.1, -0.05) is 0 Å². The van der Waals surface area contributed by atoms with Crippen molar-refractivity contribution in [1.29, 1.82) is 0 Å². The van der Waals surface area contributed by atoms with Crippen molar-refractivity contribution in [3.05, 3.63) is 64.9 Å². The predicted molar refractivity (Wildman–Crippen MR) is 79.5 cm³/mol. The lowest BCUT2D eigenvalue weighted by molar-refractivity contribution is -0.354. The van der Waals surface area contributed by atoms with E-state index < -0.39 is 5.97 Å². The summed E-state index contributed by atoms with van der Waals surface area (Å²) in [5.41, 5.74) is 1.25. The molecule has 0 radical (unpaired) electrons. The monoisotopic (exact) mass is 285 g/mol. The van der Waals surface area contributed by atoms with Crippen molar-refractivity contribution in [2.75, 3.05) is 6.61 Å². The fourth-order valence-electron chi connectivity index (χ4n) is 1.78. The molecule has 0 saturated carbocycles. The molecule has 0 aliphatic rings. The van der Waals surface area contributed by atoms with Crippen LogP contribution in [0, 0.1) is 5.21 Å². The highest BCUT2D eigenvalue weighted by molar-refractivity contribution is 5.87. The van der Waals surface area contributed by atoms with Gasteiger partial charge in [-0.15, -0.1) is 0 Å². The van der Waals surface area contributed by atoms with E-state index >= 15 is 0 Å². The third-order valence-electron chi connectivity index (χ3n) is 2.83. The Balaban J connectivity index is 2.17. The van der Waals surface area contributed by atoms with E-state index in [1.54, 1.807) is 24.3 Å². The average molecular weight is 285 g/mol. The molecule has 2 rings (SSSR count). The van der Waals surface area contributed by atoms with Crippen molar-refractivity contribution in [2.24, 2.45) is 0 Å². The lowest BCUT2D eigenvalue weighted by Crippen LogP contribution is -2.00. The van der Waals surface area contributed by atoms with Crippen molar-refractivity contribution in [1.82, 2.24) is 0 Å². The SMILES string of the molecule is CCOc1ccc(C=[N+]([O-])c2ccc(C(=O)O)cc2)cc1. The van der Waals surface area contributed by atoms with E-state index in [0.717, 1.165) is 11.3 Å². The second-order valence-corrected chi connectivity index (χ2v) is 4.31. The summed E-state index contributed by atoms with van der Waals surface area (Å²) in [5, 5.41) is 20.8. The molecule has 0 amide bonds. The minimum Gasteiger partial charge on any atom is -0.618 e. The Hall–Kier alpha value is -2.82. The topological polar surface area (TPSA) is 72.6 Å². The van der Waals surface area contributed by atoms with Crippen LogP contribution >= 0.6 is 0 Å². The predicted octanol–water partition coefficient (Wildman–Crippen LogP) is 3.04. The molecule has 1 N–H and O–H groups in total. The number of rotatable bonds is 5. The van der Waals surface area contributed by atoms with Gasteiger partial charge in [0.05, 0.1) is 12.2 Å². The van der Waals surface area contributed by atoms with Crippen LogP contribution in [-0.4, -0.2) is 28.6 Å². The van der Waals surface area contributed by atoms with E-state index in [2.05, 4.69) is 0 Å². The zero-order valence-corrected chi connectivity index (χ0v) is 11.5. The second-order valence-electron chi connectivity index (χ2n) is 4.31. The number of hydrogen-bond acceptors (Lipinski definition) is 3. The molecule has 0 atom stereocenters. The first-order chi connectivity index (χ1) is 10.1. The minimum atomic E-state index is -1.02. The number of nitrogens with zero attached hydrogens (tertiary/aromatic N) is 1. The number of benzene rings is 2. The fourth-order valence-corrected chi connectivity index (χ4v) is 1.78. The van der Waals surface area contributed by atoms with Gasteiger partial charge >= 0.3 is 5.97 Å². The highest BCUT2D eigenvalue weighted by atomic mass is 16.5. The maximum absolute atomic E-state index is 12.0. The minimum absolute atomic E-state index is 0.146. The molecule has 2 aromatic rings. The Kier molecular flexibility index (Phi) is 4.56. The summed E-state index contributed by atoms with van der Waals surface area (Å²) in [6.45, 7) is 2.49. The molecular formula is C16H15NO4. The van der Waals surface area contributed by atoms with Crippen molar-refractivity contribution in [3.8, 4) is 5.75 Å². The Bertz CT molecular complexity index is 645. The van der Waals surface area contributed by atoms with Crippen LogP contribution in [-0.2, 0) is 0 Å². The van der Waals surface area contributed by atoms with Gasteiger partial charge in [0, 0.05) is 17.7 Å². The molecule has 0 spiro atoms. The van der Waals surface area contributed by atoms with Crippen molar-refractivity contribution >= 4 is 17.9 Å². The van der Waals surface area contributed by atoms with Crippen LogP contribution in [0.15, 0.2) is 48.5 Å². The quantitative estimate of drug-likeness (QED) is 0.396. The molecule has 2 aromatic carbocycles. The Labute approximate surface area is 122 Å². The van der Waals surface area contributed by atoms with E-state index in [1.807, 2.05) is 6.92 Å². The number of aromatic carboxylic acids is 1. The highest BCUT2D eigenvalue weighted by Gasteiger charge is 2.06. The molecule has 21 heavy (non-hydrogen) atoms. The van der Waals surface area contributed by atoms with Gasteiger partial charge in [0.1, 0.15) is 5.75 Å². The number of carboxylic acid groups (broad SMARTS) is 1. The molecule has 0 unspecified atom stereocenters. The van der Waals surface area contributed by atoms with Gasteiger partial charge in [-0.2, -0.15) is 4.74 Å². The molecule has 5 heteroatoms. The molecule has 5 nitrogen and oxygen atoms in total. The Morgan fingerprint density at radius 2 is 1.81 bits per heavy atom. The number of carboxylic acids is 1. The molecule has 0 aromatic heterocycles. The first kappa shape index (κ1) is 14.6. The Morgan fingerprint density at radius 3 is 2.33 bits per heavy atom. The van der Waals surface area contributed by atoms with Gasteiger partial charge in [-0.05, 0) is 43.3 Å². The molecular weight excluding hydrogens is 270 g/mol. The summed E-state index contributed by atoms with van der Waals surface area (Å²) in [7, 11) is 0. The summed E-state index contributed by atoms with van der Waals surface area (Å²) >= 11 is 0. The first-order valence-electron chi connectivity index (χ1n) is 6.47. The van der Waals surface area contributed by atoms with E-state index in [1.165, 1.54) is 30.5 Å². The van der Waals surface area contributed by atoms with Crippen LogP contribution in [0.5, 0.6) is 5.75 Å². The van der Waals surface area contributed by atoms with E-state index in [-0.39, 0.29) is 5.56 Å². The third-order valence-corrected chi connectivity index (χ3v) is 2.83. The third kappa shape index (κ3) is 3.82. The summed E-state index contributed by atoms with van der Waals surface area (Å²) in [5.74, 6) is -0.271. The van der Waals surface area contributed by atoms with E-state index in [4.69, 9.17) is 9.84 Å². The molecule has 0 saturated heterocycles. The lowest BCUT2D eigenvalue weighted by Gasteiger charge is -2.04. The van der Waals surface area contributed by atoms with Crippen LogP contribution in [0.3, 0.4) is 0 Å². The average Bonchev–Trinajstić information content (AvgIpc) is 2.49. The van der Waals surface area contributed by atoms with Crippen molar-refractivity contribution < 1.29 is 19.4 Å². The normalized spacial score (nSPS) is 11.2. The lowest BCUT2D eigenvalue weighted by atomic mass is 10.2. The van der Waals surface area contributed by atoms with Gasteiger partial charge in [-0.3, -0.25) is 0 Å². The largest absolute Gasteiger partial charge is 0.618 e. The van der Waals surface area contributed by atoms with Crippen LogP contribution in [0.1, 0.15) is 22.8 Å². The number of ether oxygens (including phenoxy) is 1. The highest BCUT2D eigenvalue weighted by Crippen LogP contribution is 2.14. The smallest absolute Gasteiger partial charge is 0.335 e. The zero-order valence-electron chi connectivity index (χ0n) is 11.5. The van der Waals surface area contributed by atoms with Crippen LogP contribution in [0.2, 0.25) is 0 Å². The molecule has 0 aliphatic carbocycles. The maximum atomic E-state index is 12.0. The fraction of sp³-hybridized carbons (Fsp3) is 0.125. The molecule has 0 heterocycles. The molecule has 0 fully saturated rings. The van der Waals surface area contributed by atoms with E-state index in [0.29, 0.717) is 17.0 Å². The van der Waals surface area contributed by atoms with Gasteiger partial charge in [0.2, 0.25) is 5.69 Å². The van der Waals surface area contributed by atoms with Gasteiger partial charge in [0.25, 0.3) is 0 Å². The molecule has 0 bridgehead atoms. The molecule has 0 aliphatic heterocycles. The van der Waals surface area contributed by atoms with Gasteiger partial charge < -0.3 is 15.1 Å². The van der Waals surface area contributed by atoms with Crippen LogP contribution in [0.4, 0.5) is 5.69 Å². The summed E-state index contributed by atoms with van der Waals surface area (Å²) in [4.78, 5) is 10.7. The Morgan fingerprint density at radius 1 is 1.19 bits per heavy atom. The van der Waals surface area contributed by atoms with Crippen LogP contribution < -0.4 is 4.74 Å². The number of carbonyl (C=O) groups is 1. The summed E-state index contributed by atoms with van der Waals surface area (Å²) in [6, 6.07) is 12.9. The standard InChI is InChI=1S/C16H15NO4/c1-2-21-15-9-3-12(4-10-15)11-17(20)14-7-5-13(6-8-14)16(18)19/h3-11H,2H2,1H3,(H,18,19). The van der Waals surface area contributed by atoms with Crippen molar-refractivity contribution in [3.63, 3.8) is 0 Å². The van der Waals surface area contributed by atoms with Crippen LogP contribution in [0.25, 0.3) is 0 Å². The van der Waals surface area contributed by atoms with Gasteiger partial charge in [0.15, 0.2) is 6.21 Å². The van der Waals surface area contributed by atoms with Gasteiger partial charge in [-0.25, -0.2) is 4.79 Å². The zero-order chi connectivity index (χ0) is 15.2. The number of hydrogen-bond donors (Lipinski definition) is 1. The van der Waals surface area contributed by atoms with E-state index in [9.17, 15) is 10.0 Å². The summed E-state index contributed by atoms with van der Waals surface area (Å²) in [6.07, 6.45) is 1.42. The first-order valence-corrected chi connectivity index (χ1v) is 6.47. The second kappa shape index (κ2) is 6.56. The van der Waals surface area contributed by atoms with Crippen molar-refractivity contribution in [2.45, 2.75) is 6.92 Å². The molecule has 108 valence electrons.